The standard InChI is InChI=1S/2C44H27N3O/c1-2-14-29(15-3-1)44-45-41(36-23-11-16-28-13-4-5-19-32(28)36)43-42(46-44)40-33(22-12-26-39(40)48-43)30-17-10-18-31(27-30)47-37-24-8-6-20-34(37)35-21-7-9-25-38(35)47;1-2-13-29(14-3-1)44-45-41(32-25-24-28-12-4-5-15-30(28)26-32)43-42(46-44)40-34(20-11-23-39(40)48-43)31-16-10-17-33(27-31)47-37-21-8-6-18-35(37)36-19-7-9-22-38(36)47/h2*1-27H. The minimum absolute atomic E-state index is 0.669. The molecule has 20 rings (SSSR count). The van der Waals surface area contributed by atoms with E-state index in [2.05, 4.69) is 288 Å². The highest BCUT2D eigenvalue weighted by atomic mass is 16.3. The highest BCUT2D eigenvalue weighted by Crippen LogP contribution is 2.45. The molecule has 0 radical (unpaired) electrons. The van der Waals surface area contributed by atoms with Crippen LogP contribution in [0.4, 0.5) is 0 Å². The number of rotatable bonds is 8. The first-order chi connectivity index (χ1) is 47.6. The van der Waals surface area contributed by atoms with Crippen LogP contribution in [0.15, 0.2) is 336 Å². The molecule has 0 N–H and O–H groups in total. The van der Waals surface area contributed by atoms with E-state index in [4.69, 9.17) is 28.8 Å². The Balaban J connectivity index is 0.000000135. The lowest BCUT2D eigenvalue weighted by molar-refractivity contribution is 0.667. The SMILES string of the molecule is c1ccc(-c2nc(-c3ccc4ccccc4c3)c3oc4cccc(-c5cccc(-n6c7ccccc7c7ccccc76)c5)c4c3n2)cc1.c1ccc(-c2nc(-c3cccc4ccccc34)c3oc4cccc(-c5cccc(-n6c7ccccc7c7ccccc76)c5)c4c3n2)cc1. The molecule has 0 amide bonds. The molecule has 96 heavy (non-hydrogen) atoms. The number of furan rings is 2. The second kappa shape index (κ2) is 22.4. The molecule has 20 aromatic rings. The molecule has 0 aliphatic rings. The second-order valence-corrected chi connectivity index (χ2v) is 24.4. The van der Waals surface area contributed by atoms with Crippen molar-refractivity contribution >= 4 is 109 Å². The molecule has 0 saturated heterocycles. The van der Waals surface area contributed by atoms with Crippen molar-refractivity contribution in [3.8, 4) is 78.9 Å². The minimum Gasteiger partial charge on any atom is -0.452 e. The molecule has 0 aliphatic carbocycles. The van der Waals surface area contributed by atoms with Gasteiger partial charge in [-0.2, -0.15) is 0 Å². The quantitative estimate of drug-likeness (QED) is 0.151. The normalized spacial score (nSPS) is 11.8. The van der Waals surface area contributed by atoms with Gasteiger partial charge in [0.15, 0.2) is 22.8 Å². The van der Waals surface area contributed by atoms with Crippen LogP contribution in [-0.2, 0) is 0 Å². The van der Waals surface area contributed by atoms with Gasteiger partial charge in [-0.15, -0.1) is 0 Å². The molecule has 8 nitrogen and oxygen atoms in total. The Hall–Kier alpha value is -13.0. The predicted octanol–water partition coefficient (Wildman–Crippen LogP) is 23.3. The van der Waals surface area contributed by atoms with Gasteiger partial charge >= 0.3 is 0 Å². The van der Waals surface area contributed by atoms with E-state index in [1.165, 1.54) is 49.0 Å². The largest absolute Gasteiger partial charge is 0.452 e. The third kappa shape index (κ3) is 8.99. The number of hydrogen-bond acceptors (Lipinski definition) is 6. The average molecular weight is 1230 g/mol. The second-order valence-electron chi connectivity index (χ2n) is 24.4. The van der Waals surface area contributed by atoms with E-state index in [0.717, 1.165) is 116 Å². The first-order valence-electron chi connectivity index (χ1n) is 32.3. The molecular weight excluding hydrogens is 1170 g/mol. The van der Waals surface area contributed by atoms with Gasteiger partial charge in [-0.05, 0) is 111 Å². The van der Waals surface area contributed by atoms with Crippen molar-refractivity contribution in [1.82, 2.24) is 29.1 Å². The predicted molar refractivity (Wildman–Crippen MR) is 395 cm³/mol. The Morgan fingerprint density at radius 1 is 0.240 bits per heavy atom. The maximum Gasteiger partial charge on any atom is 0.180 e. The van der Waals surface area contributed by atoms with Crippen LogP contribution in [0.1, 0.15) is 0 Å². The lowest BCUT2D eigenvalue weighted by atomic mass is 9.98. The van der Waals surface area contributed by atoms with Gasteiger partial charge < -0.3 is 18.0 Å². The van der Waals surface area contributed by atoms with Crippen LogP contribution < -0.4 is 0 Å². The van der Waals surface area contributed by atoms with Crippen molar-refractivity contribution in [1.29, 1.82) is 0 Å². The van der Waals surface area contributed by atoms with Crippen molar-refractivity contribution < 1.29 is 8.83 Å². The molecule has 8 heteroatoms. The van der Waals surface area contributed by atoms with Crippen molar-refractivity contribution in [2.75, 3.05) is 0 Å². The highest BCUT2D eigenvalue weighted by molar-refractivity contribution is 6.17. The first-order valence-corrected chi connectivity index (χ1v) is 32.3. The van der Waals surface area contributed by atoms with Crippen LogP contribution >= 0.6 is 0 Å². The van der Waals surface area contributed by atoms with Gasteiger partial charge in [-0.3, -0.25) is 0 Å². The van der Waals surface area contributed by atoms with Crippen LogP contribution in [0, 0.1) is 0 Å². The van der Waals surface area contributed by atoms with Gasteiger partial charge in [0, 0.05) is 55.2 Å². The summed E-state index contributed by atoms with van der Waals surface area (Å²) in [7, 11) is 0. The lowest BCUT2D eigenvalue weighted by Gasteiger charge is -2.11. The van der Waals surface area contributed by atoms with Gasteiger partial charge in [0.1, 0.15) is 33.6 Å². The molecular formula is C88H54N6O2. The third-order valence-electron chi connectivity index (χ3n) is 18.8. The summed E-state index contributed by atoms with van der Waals surface area (Å²) in [4.78, 5) is 20.8. The summed E-state index contributed by atoms with van der Waals surface area (Å²) >= 11 is 0. The van der Waals surface area contributed by atoms with Gasteiger partial charge in [0.2, 0.25) is 0 Å². The molecule has 0 spiro atoms. The van der Waals surface area contributed by atoms with Crippen LogP contribution in [0.2, 0.25) is 0 Å². The van der Waals surface area contributed by atoms with Crippen molar-refractivity contribution in [3.05, 3.63) is 328 Å². The zero-order valence-electron chi connectivity index (χ0n) is 51.7. The Bertz CT molecular complexity index is 6360. The molecule has 14 aromatic carbocycles. The zero-order valence-corrected chi connectivity index (χ0v) is 51.7. The maximum absolute atomic E-state index is 6.73. The van der Waals surface area contributed by atoms with E-state index in [-0.39, 0.29) is 0 Å². The summed E-state index contributed by atoms with van der Waals surface area (Å²) in [5, 5.41) is 11.5. The van der Waals surface area contributed by atoms with E-state index in [9.17, 15) is 0 Å². The van der Waals surface area contributed by atoms with Crippen molar-refractivity contribution in [3.63, 3.8) is 0 Å². The van der Waals surface area contributed by atoms with Crippen LogP contribution in [0.25, 0.3) is 188 Å². The van der Waals surface area contributed by atoms with E-state index >= 15 is 0 Å². The first kappa shape index (κ1) is 54.7. The Morgan fingerprint density at radius 3 is 1.15 bits per heavy atom. The molecule has 0 bridgehead atoms. The topological polar surface area (TPSA) is 87.7 Å². The minimum atomic E-state index is 0.669. The van der Waals surface area contributed by atoms with Gasteiger partial charge in [-0.1, -0.05) is 261 Å². The maximum atomic E-state index is 6.73. The zero-order chi connectivity index (χ0) is 63.2. The van der Waals surface area contributed by atoms with Gasteiger partial charge in [0.05, 0.1) is 32.8 Å². The molecule has 6 aromatic heterocycles. The number of fused-ring (bicyclic) bond motifs is 14. The number of benzene rings is 14. The molecule has 448 valence electrons. The molecule has 0 atom stereocenters. The highest BCUT2D eigenvalue weighted by Gasteiger charge is 2.25. The lowest BCUT2D eigenvalue weighted by Crippen LogP contribution is -1.95. The third-order valence-corrected chi connectivity index (χ3v) is 18.8. The van der Waals surface area contributed by atoms with Gasteiger partial charge in [0.25, 0.3) is 0 Å². The van der Waals surface area contributed by atoms with Crippen molar-refractivity contribution in [2.45, 2.75) is 0 Å². The summed E-state index contributed by atoms with van der Waals surface area (Å²) < 4.78 is 18.1. The summed E-state index contributed by atoms with van der Waals surface area (Å²) in [5.41, 5.74) is 21.3. The fourth-order valence-corrected chi connectivity index (χ4v) is 14.5. The molecule has 0 aliphatic heterocycles. The van der Waals surface area contributed by atoms with E-state index in [0.29, 0.717) is 22.8 Å². The van der Waals surface area contributed by atoms with Crippen LogP contribution in [0.5, 0.6) is 0 Å². The smallest absolute Gasteiger partial charge is 0.180 e. The monoisotopic (exact) mass is 1230 g/mol. The van der Waals surface area contributed by atoms with Gasteiger partial charge in [-0.25, -0.2) is 19.9 Å². The Labute approximate surface area is 550 Å². The molecule has 0 fully saturated rings. The average Bonchev–Trinajstić information content (AvgIpc) is 1.54. The van der Waals surface area contributed by atoms with E-state index in [1.54, 1.807) is 0 Å². The fraction of sp³-hybridized carbons (Fsp3) is 0. The Morgan fingerprint density at radius 2 is 0.625 bits per heavy atom. The van der Waals surface area contributed by atoms with Crippen LogP contribution in [-0.4, -0.2) is 29.1 Å². The summed E-state index contributed by atoms with van der Waals surface area (Å²) in [5.74, 6) is 1.34. The van der Waals surface area contributed by atoms with Crippen LogP contribution in [0.3, 0.4) is 0 Å². The molecule has 0 unspecified atom stereocenters. The van der Waals surface area contributed by atoms with Crippen molar-refractivity contribution in [2.24, 2.45) is 0 Å². The fourth-order valence-electron chi connectivity index (χ4n) is 14.5. The number of nitrogens with zero attached hydrogens (tertiary/aromatic N) is 6. The summed E-state index contributed by atoms with van der Waals surface area (Å²) in [6.45, 7) is 0. The summed E-state index contributed by atoms with van der Waals surface area (Å²) in [6, 6.07) is 115. The Kier molecular flexibility index (Phi) is 12.7. The summed E-state index contributed by atoms with van der Waals surface area (Å²) in [6.07, 6.45) is 0. The van der Waals surface area contributed by atoms with E-state index in [1.807, 2.05) is 48.5 Å². The molecule has 0 saturated carbocycles. The molecule has 6 heterocycles. The van der Waals surface area contributed by atoms with E-state index < -0.39 is 0 Å². The number of aromatic nitrogens is 6. The number of hydrogen-bond donors (Lipinski definition) is 0. The number of para-hydroxylation sites is 4.